The van der Waals surface area contributed by atoms with Crippen LogP contribution in [0, 0.1) is 0 Å². The first-order chi connectivity index (χ1) is 13.9. The second kappa shape index (κ2) is 7.51. The van der Waals surface area contributed by atoms with Crippen molar-refractivity contribution < 1.29 is 18.0 Å². The van der Waals surface area contributed by atoms with Gasteiger partial charge in [-0.2, -0.15) is 0 Å². The lowest BCUT2D eigenvalue weighted by atomic mass is 10.1. The highest BCUT2D eigenvalue weighted by molar-refractivity contribution is 7.91. The molecule has 4 rings (SSSR count). The minimum atomic E-state index is -3.27. The highest BCUT2D eigenvalue weighted by Gasteiger charge is 2.54. The minimum absolute atomic E-state index is 0.0884. The van der Waals surface area contributed by atoms with Gasteiger partial charge in [0, 0.05) is 11.4 Å². The average molecular weight is 413 g/mol. The van der Waals surface area contributed by atoms with Crippen molar-refractivity contribution in [1.29, 1.82) is 0 Å². The van der Waals surface area contributed by atoms with Crippen LogP contribution < -0.4 is 10.2 Å². The molecule has 2 aromatic carbocycles. The molecule has 2 atom stereocenters. The number of nitrogens with zero attached hydrogens (tertiary/aromatic N) is 2. The number of sulfone groups is 1. The number of hydrogen-bond acceptors (Lipinski definition) is 4. The summed E-state index contributed by atoms with van der Waals surface area (Å²) >= 11 is 0. The van der Waals surface area contributed by atoms with Crippen molar-refractivity contribution in [3.8, 4) is 0 Å². The monoisotopic (exact) mass is 413 g/mol. The number of anilines is 2. The van der Waals surface area contributed by atoms with Gasteiger partial charge in [0.25, 0.3) is 0 Å². The number of amides is 3. The molecule has 0 radical (unpaired) electrons. The minimum Gasteiger partial charge on any atom is -0.325 e. The van der Waals surface area contributed by atoms with E-state index in [0.717, 1.165) is 12.0 Å². The van der Waals surface area contributed by atoms with Crippen molar-refractivity contribution in [2.45, 2.75) is 25.4 Å². The third kappa shape index (κ3) is 3.85. The highest BCUT2D eigenvalue weighted by atomic mass is 32.2. The maximum atomic E-state index is 13.1. The Bertz CT molecular complexity index is 1020. The lowest BCUT2D eigenvalue weighted by molar-refractivity contribution is -0.116. The van der Waals surface area contributed by atoms with E-state index in [0.29, 0.717) is 11.4 Å². The normalized spacial score (nSPS) is 22.6. The van der Waals surface area contributed by atoms with Crippen LogP contribution in [0.25, 0.3) is 0 Å². The van der Waals surface area contributed by atoms with Crippen molar-refractivity contribution in [1.82, 2.24) is 4.90 Å². The zero-order valence-electron chi connectivity index (χ0n) is 16.1. The molecule has 7 nitrogen and oxygen atoms in total. The van der Waals surface area contributed by atoms with Crippen LogP contribution in [0.15, 0.2) is 54.6 Å². The summed E-state index contributed by atoms with van der Waals surface area (Å²) in [5.74, 6) is -0.555. The summed E-state index contributed by atoms with van der Waals surface area (Å²) in [5, 5.41) is 2.80. The van der Waals surface area contributed by atoms with Crippen LogP contribution in [0.1, 0.15) is 12.5 Å². The summed E-state index contributed by atoms with van der Waals surface area (Å²) in [7, 11) is -3.27. The van der Waals surface area contributed by atoms with Gasteiger partial charge in [-0.05, 0) is 36.2 Å². The second-order valence-corrected chi connectivity index (χ2v) is 9.58. The first kappa shape index (κ1) is 19.4. The molecule has 0 saturated carbocycles. The molecule has 1 N–H and O–H groups in total. The number of carbonyl (C=O) groups is 2. The van der Waals surface area contributed by atoms with Crippen LogP contribution in [0.2, 0.25) is 0 Å². The Morgan fingerprint density at radius 1 is 1.03 bits per heavy atom. The molecule has 2 saturated heterocycles. The molecule has 152 valence electrons. The van der Waals surface area contributed by atoms with E-state index in [1.165, 1.54) is 9.80 Å². The summed E-state index contributed by atoms with van der Waals surface area (Å²) < 4.78 is 24.5. The van der Waals surface area contributed by atoms with Gasteiger partial charge in [0.1, 0.15) is 6.54 Å². The molecule has 0 bridgehead atoms. The second-order valence-electron chi connectivity index (χ2n) is 7.43. The van der Waals surface area contributed by atoms with E-state index in [-0.39, 0.29) is 30.0 Å². The molecule has 8 heteroatoms. The van der Waals surface area contributed by atoms with Gasteiger partial charge in [0.05, 0.1) is 23.6 Å². The fraction of sp³-hybridized carbons (Fsp3) is 0.333. The molecule has 0 aliphatic carbocycles. The molecule has 3 amide bonds. The van der Waals surface area contributed by atoms with E-state index in [1.807, 2.05) is 30.3 Å². The summed E-state index contributed by atoms with van der Waals surface area (Å²) in [6, 6.07) is 15.2. The number of para-hydroxylation sites is 1. The average Bonchev–Trinajstić information content (AvgIpc) is 3.13. The molecule has 2 fully saturated rings. The Kier molecular flexibility index (Phi) is 5.04. The quantitative estimate of drug-likeness (QED) is 0.762. The molecule has 2 aliphatic rings. The molecule has 2 heterocycles. The van der Waals surface area contributed by atoms with E-state index in [1.54, 1.807) is 24.3 Å². The van der Waals surface area contributed by atoms with Gasteiger partial charge in [-0.15, -0.1) is 0 Å². The largest absolute Gasteiger partial charge is 0.325 e. The maximum Gasteiger partial charge on any atom is 0.325 e. The van der Waals surface area contributed by atoms with Crippen LogP contribution in [0.4, 0.5) is 16.2 Å². The van der Waals surface area contributed by atoms with Crippen LogP contribution in [-0.4, -0.2) is 55.4 Å². The van der Waals surface area contributed by atoms with Gasteiger partial charge in [-0.1, -0.05) is 37.3 Å². The molecule has 2 aromatic rings. The topological polar surface area (TPSA) is 86.8 Å². The van der Waals surface area contributed by atoms with E-state index < -0.39 is 21.9 Å². The van der Waals surface area contributed by atoms with Gasteiger partial charge in [-0.3, -0.25) is 9.69 Å². The number of fused-ring (bicyclic) bond motifs is 1. The van der Waals surface area contributed by atoms with E-state index >= 15 is 0 Å². The Balaban J connectivity index is 1.54. The number of hydrogen-bond donors (Lipinski definition) is 1. The molecule has 2 aliphatic heterocycles. The van der Waals surface area contributed by atoms with Crippen LogP contribution in [-0.2, 0) is 21.1 Å². The third-order valence-corrected chi connectivity index (χ3v) is 7.17. The zero-order valence-corrected chi connectivity index (χ0v) is 16.9. The van der Waals surface area contributed by atoms with Crippen molar-refractivity contribution in [2.75, 3.05) is 28.3 Å². The summed E-state index contributed by atoms with van der Waals surface area (Å²) in [6.07, 6.45) is 0.906. The predicted octanol–water partition coefficient (Wildman–Crippen LogP) is 2.30. The van der Waals surface area contributed by atoms with Crippen molar-refractivity contribution in [3.63, 3.8) is 0 Å². The van der Waals surface area contributed by atoms with E-state index in [2.05, 4.69) is 12.2 Å². The summed E-state index contributed by atoms with van der Waals surface area (Å²) in [6.45, 7) is 1.87. The van der Waals surface area contributed by atoms with Crippen LogP contribution in [0.3, 0.4) is 0 Å². The molecule has 0 spiro atoms. The van der Waals surface area contributed by atoms with Crippen molar-refractivity contribution in [2.24, 2.45) is 0 Å². The summed E-state index contributed by atoms with van der Waals surface area (Å²) in [5.41, 5.74) is 2.45. The Morgan fingerprint density at radius 3 is 2.34 bits per heavy atom. The molecular formula is C21H23N3O4S. The fourth-order valence-electron chi connectivity index (χ4n) is 4.03. The zero-order chi connectivity index (χ0) is 20.6. The first-order valence-electron chi connectivity index (χ1n) is 9.62. The molecular weight excluding hydrogens is 390 g/mol. The Hall–Kier alpha value is -2.87. The van der Waals surface area contributed by atoms with Crippen molar-refractivity contribution >= 4 is 33.2 Å². The Morgan fingerprint density at radius 2 is 1.69 bits per heavy atom. The molecule has 29 heavy (non-hydrogen) atoms. The van der Waals surface area contributed by atoms with Crippen LogP contribution in [0.5, 0.6) is 0 Å². The number of urea groups is 1. The van der Waals surface area contributed by atoms with Crippen LogP contribution >= 0.6 is 0 Å². The van der Waals surface area contributed by atoms with E-state index in [4.69, 9.17) is 0 Å². The summed E-state index contributed by atoms with van der Waals surface area (Å²) in [4.78, 5) is 28.6. The van der Waals surface area contributed by atoms with Crippen molar-refractivity contribution in [3.05, 3.63) is 60.2 Å². The van der Waals surface area contributed by atoms with Gasteiger partial charge in [0.2, 0.25) is 5.91 Å². The standard InChI is InChI=1S/C21H23N3O4S/c1-2-15-8-10-16(11-9-15)22-20(25)12-23-18-13-29(27,28)14-19(18)24(21(23)26)17-6-4-3-5-7-17/h3-11,18-19H,2,12-14H2,1H3,(H,22,25)/t18-,19-/m1/s1. The number of aryl methyl sites for hydroxylation is 1. The van der Waals surface area contributed by atoms with E-state index in [9.17, 15) is 18.0 Å². The molecule has 0 aromatic heterocycles. The van der Waals surface area contributed by atoms with Gasteiger partial charge < -0.3 is 10.2 Å². The SMILES string of the molecule is CCc1ccc(NC(=O)CN2C(=O)N(c3ccccc3)[C@@H]3CS(=O)(=O)C[C@H]32)cc1. The smallest absolute Gasteiger partial charge is 0.325 e. The number of benzene rings is 2. The molecule has 0 unspecified atom stereocenters. The van der Waals surface area contributed by atoms with Gasteiger partial charge in [0.15, 0.2) is 9.84 Å². The van der Waals surface area contributed by atoms with Gasteiger partial charge in [-0.25, -0.2) is 13.2 Å². The van der Waals surface area contributed by atoms with Gasteiger partial charge >= 0.3 is 6.03 Å². The maximum absolute atomic E-state index is 13.1. The lowest BCUT2D eigenvalue weighted by Crippen LogP contribution is -2.42. The number of carbonyl (C=O) groups excluding carboxylic acids is 2. The predicted molar refractivity (Wildman–Crippen MR) is 112 cm³/mol. The Labute approximate surface area is 170 Å². The number of rotatable bonds is 5. The third-order valence-electron chi connectivity index (χ3n) is 5.47. The fourth-order valence-corrected chi connectivity index (χ4v) is 5.98. The highest BCUT2D eigenvalue weighted by Crippen LogP contribution is 2.34. The lowest BCUT2D eigenvalue weighted by Gasteiger charge is -2.22. The number of nitrogens with one attached hydrogen (secondary N) is 1. The first-order valence-corrected chi connectivity index (χ1v) is 11.4.